The maximum absolute atomic E-state index is 12.3. The standard InChI is InChI=1S/C29H39ClN6O4/c1-28(2,3)40-27(37)36-23-9-8-19(14-24(23)38-4)34-26-15-20(21(30)16-32-26)22-6-5-7-25(35-22)33-18-29(17-31)10-12-39-13-11-29/h5-7,15-16,19,23-24H,8-14,18H2,1-4H3,(H,32,34)(H,33,35)(H,36,37)/t19-,23-,24+/m1/s1. The zero-order valence-electron chi connectivity index (χ0n) is 23.6. The summed E-state index contributed by atoms with van der Waals surface area (Å²) in [7, 11) is 1.66. The van der Waals surface area contributed by atoms with Gasteiger partial charge in [0.1, 0.15) is 17.2 Å². The number of pyridine rings is 2. The predicted molar refractivity (Wildman–Crippen MR) is 154 cm³/mol. The Morgan fingerprint density at radius 3 is 2.73 bits per heavy atom. The van der Waals surface area contributed by atoms with Gasteiger partial charge in [0, 0.05) is 44.7 Å². The van der Waals surface area contributed by atoms with E-state index in [4.69, 9.17) is 30.8 Å². The van der Waals surface area contributed by atoms with E-state index in [2.05, 4.69) is 27.0 Å². The van der Waals surface area contributed by atoms with Crippen molar-refractivity contribution in [2.75, 3.05) is 37.5 Å². The van der Waals surface area contributed by atoms with Gasteiger partial charge in [0.15, 0.2) is 0 Å². The number of anilines is 2. The van der Waals surface area contributed by atoms with E-state index in [9.17, 15) is 10.1 Å². The molecule has 1 aliphatic heterocycles. The first-order valence-electron chi connectivity index (χ1n) is 13.7. The van der Waals surface area contributed by atoms with E-state index >= 15 is 0 Å². The number of hydrogen-bond acceptors (Lipinski definition) is 9. The van der Waals surface area contributed by atoms with Crippen LogP contribution in [-0.4, -0.2) is 66.7 Å². The molecule has 3 N–H and O–H groups in total. The molecule has 0 spiro atoms. The molecule has 0 radical (unpaired) electrons. The van der Waals surface area contributed by atoms with Gasteiger partial charge in [-0.05, 0) is 71.1 Å². The summed E-state index contributed by atoms with van der Waals surface area (Å²) in [6.07, 6.45) is 4.67. The Labute approximate surface area is 241 Å². The van der Waals surface area contributed by atoms with Crippen LogP contribution in [0.3, 0.4) is 0 Å². The smallest absolute Gasteiger partial charge is 0.407 e. The maximum Gasteiger partial charge on any atom is 0.407 e. The summed E-state index contributed by atoms with van der Waals surface area (Å²) in [5, 5.41) is 20.0. The third-order valence-corrected chi connectivity index (χ3v) is 7.63. The molecule has 4 rings (SSSR count). The minimum Gasteiger partial charge on any atom is -0.444 e. The molecule has 216 valence electrons. The van der Waals surface area contributed by atoms with E-state index in [0.717, 1.165) is 18.4 Å². The Bertz CT molecular complexity index is 1210. The largest absolute Gasteiger partial charge is 0.444 e. The number of nitriles is 1. The van der Waals surface area contributed by atoms with E-state index in [0.29, 0.717) is 61.4 Å². The number of halogens is 1. The van der Waals surface area contributed by atoms with E-state index in [-0.39, 0.29) is 18.2 Å². The number of aromatic nitrogens is 2. The van der Waals surface area contributed by atoms with Crippen LogP contribution < -0.4 is 16.0 Å². The van der Waals surface area contributed by atoms with Crippen LogP contribution in [-0.2, 0) is 14.2 Å². The van der Waals surface area contributed by atoms with E-state index in [1.165, 1.54) is 0 Å². The molecule has 0 aromatic carbocycles. The number of nitrogens with one attached hydrogen (secondary N) is 3. The number of alkyl carbamates (subject to hydrolysis) is 1. The van der Waals surface area contributed by atoms with Crippen LogP contribution in [0.25, 0.3) is 11.3 Å². The third-order valence-electron chi connectivity index (χ3n) is 7.32. The molecule has 3 atom stereocenters. The van der Waals surface area contributed by atoms with E-state index in [1.807, 2.05) is 45.0 Å². The Kier molecular flexibility index (Phi) is 9.72. The Hall–Kier alpha value is -3.13. The first-order valence-corrected chi connectivity index (χ1v) is 14.1. The number of rotatable bonds is 8. The molecule has 0 unspecified atom stereocenters. The Morgan fingerprint density at radius 2 is 2.02 bits per heavy atom. The summed E-state index contributed by atoms with van der Waals surface area (Å²) in [5.74, 6) is 1.36. The highest BCUT2D eigenvalue weighted by Gasteiger charge is 2.34. The highest BCUT2D eigenvalue weighted by molar-refractivity contribution is 6.33. The Balaban J connectivity index is 1.40. The average Bonchev–Trinajstić information content (AvgIpc) is 2.93. The second-order valence-electron chi connectivity index (χ2n) is 11.5. The van der Waals surface area contributed by atoms with Crippen molar-refractivity contribution < 1.29 is 19.0 Å². The van der Waals surface area contributed by atoms with E-state index < -0.39 is 17.1 Å². The zero-order chi connectivity index (χ0) is 28.8. The molecular formula is C29H39ClN6O4. The molecule has 10 nitrogen and oxygen atoms in total. The van der Waals surface area contributed by atoms with Gasteiger partial charge in [0.25, 0.3) is 0 Å². The third kappa shape index (κ3) is 7.96. The van der Waals surface area contributed by atoms with Crippen LogP contribution in [0.5, 0.6) is 0 Å². The average molecular weight is 571 g/mol. The molecule has 2 fully saturated rings. The van der Waals surface area contributed by atoms with Crippen molar-refractivity contribution in [3.05, 3.63) is 35.5 Å². The maximum atomic E-state index is 12.3. The number of ether oxygens (including phenoxy) is 3. The highest BCUT2D eigenvalue weighted by atomic mass is 35.5. The summed E-state index contributed by atoms with van der Waals surface area (Å²) in [4.78, 5) is 21.5. The van der Waals surface area contributed by atoms with Gasteiger partial charge < -0.3 is 30.2 Å². The van der Waals surface area contributed by atoms with Crippen molar-refractivity contribution in [1.29, 1.82) is 5.26 Å². The van der Waals surface area contributed by atoms with Crippen LogP contribution in [0.15, 0.2) is 30.5 Å². The van der Waals surface area contributed by atoms with Crippen molar-refractivity contribution in [2.24, 2.45) is 5.41 Å². The number of methoxy groups -OCH3 is 1. The van der Waals surface area contributed by atoms with Gasteiger partial charge in [0.05, 0.1) is 34.3 Å². The summed E-state index contributed by atoms with van der Waals surface area (Å²) < 4.78 is 16.6. The molecule has 40 heavy (non-hydrogen) atoms. The second kappa shape index (κ2) is 13.0. The van der Waals surface area contributed by atoms with Gasteiger partial charge in [-0.2, -0.15) is 5.26 Å². The monoisotopic (exact) mass is 570 g/mol. The van der Waals surface area contributed by atoms with Crippen molar-refractivity contribution in [2.45, 2.75) is 76.7 Å². The molecule has 1 aliphatic carbocycles. The Morgan fingerprint density at radius 1 is 1.25 bits per heavy atom. The van der Waals surface area contributed by atoms with Gasteiger partial charge in [-0.3, -0.25) is 0 Å². The molecule has 2 aromatic rings. The first-order chi connectivity index (χ1) is 19.1. The lowest BCUT2D eigenvalue weighted by molar-refractivity contribution is 0.0191. The van der Waals surface area contributed by atoms with Crippen LogP contribution in [0.1, 0.15) is 52.9 Å². The fourth-order valence-electron chi connectivity index (χ4n) is 5.10. The van der Waals surface area contributed by atoms with Crippen molar-refractivity contribution in [3.8, 4) is 17.3 Å². The van der Waals surface area contributed by atoms with Crippen LogP contribution >= 0.6 is 11.6 Å². The first kappa shape index (κ1) is 29.8. The summed E-state index contributed by atoms with van der Waals surface area (Å²) >= 11 is 6.55. The lowest BCUT2D eigenvalue weighted by atomic mass is 9.82. The van der Waals surface area contributed by atoms with Gasteiger partial charge in [-0.15, -0.1) is 0 Å². The van der Waals surface area contributed by atoms with Gasteiger partial charge in [0.2, 0.25) is 0 Å². The number of hydrogen-bond donors (Lipinski definition) is 3. The van der Waals surface area contributed by atoms with Crippen molar-refractivity contribution in [3.63, 3.8) is 0 Å². The van der Waals surface area contributed by atoms with Crippen LogP contribution in [0.2, 0.25) is 5.02 Å². The normalized spacial score (nSPS) is 22.6. The molecule has 11 heteroatoms. The molecule has 3 heterocycles. The number of carbonyl (C=O) groups excluding carboxylic acids is 1. The van der Waals surface area contributed by atoms with Gasteiger partial charge in [-0.1, -0.05) is 17.7 Å². The van der Waals surface area contributed by atoms with Crippen molar-refractivity contribution in [1.82, 2.24) is 15.3 Å². The zero-order valence-corrected chi connectivity index (χ0v) is 24.4. The molecule has 1 saturated heterocycles. The second-order valence-corrected chi connectivity index (χ2v) is 11.9. The molecular weight excluding hydrogens is 532 g/mol. The molecule has 1 saturated carbocycles. The predicted octanol–water partition coefficient (Wildman–Crippen LogP) is 5.40. The topological polar surface area (TPSA) is 130 Å². The highest BCUT2D eigenvalue weighted by Crippen LogP contribution is 2.32. The minimum atomic E-state index is -0.558. The van der Waals surface area contributed by atoms with Gasteiger partial charge >= 0.3 is 6.09 Å². The number of carbonyl (C=O) groups is 1. The van der Waals surface area contributed by atoms with Crippen LogP contribution in [0, 0.1) is 16.7 Å². The summed E-state index contributed by atoms with van der Waals surface area (Å²) in [5.41, 5.74) is 0.450. The lowest BCUT2D eigenvalue weighted by Gasteiger charge is -2.36. The quantitative estimate of drug-likeness (QED) is 0.381. The molecule has 1 amide bonds. The van der Waals surface area contributed by atoms with Crippen LogP contribution in [0.4, 0.5) is 16.4 Å². The molecule has 0 bridgehead atoms. The fourth-order valence-corrected chi connectivity index (χ4v) is 5.30. The molecule has 2 aromatic heterocycles. The van der Waals surface area contributed by atoms with E-state index in [1.54, 1.807) is 13.3 Å². The fraction of sp³-hybridized carbons (Fsp3) is 0.586. The molecule has 2 aliphatic rings. The summed E-state index contributed by atoms with van der Waals surface area (Å²) in [6.45, 7) is 7.22. The SMILES string of the molecule is CO[C@H]1C[C@H](Nc2cc(-c3cccc(NCC4(C#N)CCOCC4)n3)c(Cl)cn2)CC[C@H]1NC(=O)OC(C)(C)C. The number of nitrogens with zero attached hydrogens (tertiary/aromatic N) is 3. The lowest BCUT2D eigenvalue weighted by Crippen LogP contribution is -2.51. The summed E-state index contributed by atoms with van der Waals surface area (Å²) in [6, 6.07) is 10.0. The van der Waals surface area contributed by atoms with Crippen molar-refractivity contribution >= 4 is 29.3 Å². The minimum absolute atomic E-state index is 0.103. The van der Waals surface area contributed by atoms with Gasteiger partial charge in [-0.25, -0.2) is 14.8 Å². The number of amides is 1.